The Labute approximate surface area is 127 Å². The smallest absolute Gasteiger partial charge is 0.242 e. The second kappa shape index (κ2) is 6.57. The average molecular weight is 332 g/mol. The van der Waals surface area contributed by atoms with E-state index in [-0.39, 0.29) is 16.5 Å². The lowest BCUT2D eigenvalue weighted by Gasteiger charge is -2.06. The highest BCUT2D eigenvalue weighted by molar-refractivity contribution is 7.89. The van der Waals surface area contributed by atoms with Crippen molar-refractivity contribution in [2.24, 2.45) is 0 Å². The van der Waals surface area contributed by atoms with Crippen LogP contribution in [0.3, 0.4) is 0 Å². The average Bonchev–Trinajstić information content (AvgIpc) is 2.90. The van der Waals surface area contributed by atoms with Crippen molar-refractivity contribution in [3.63, 3.8) is 0 Å². The number of aromatic amines is 1. The van der Waals surface area contributed by atoms with Crippen molar-refractivity contribution in [1.82, 2.24) is 15.0 Å². The summed E-state index contributed by atoms with van der Waals surface area (Å²) in [5.74, 6) is -0.536. The Kier molecular flexibility index (Phi) is 5.00. The van der Waals surface area contributed by atoms with E-state index in [0.29, 0.717) is 12.1 Å². The third-order valence-corrected chi connectivity index (χ3v) is 4.51. The molecule has 2 aromatic rings. The van der Waals surface area contributed by atoms with Crippen LogP contribution in [0, 0.1) is 5.82 Å². The molecule has 1 aromatic carbocycles. The molecule has 0 unspecified atom stereocenters. The second-order valence-corrected chi connectivity index (χ2v) is 6.64. The molecule has 3 N–H and O–H groups in total. The van der Waals surface area contributed by atoms with E-state index in [0.717, 1.165) is 5.69 Å². The van der Waals surface area contributed by atoms with Crippen LogP contribution in [0.15, 0.2) is 35.4 Å². The summed E-state index contributed by atoms with van der Waals surface area (Å²) < 4.78 is 39.7. The Morgan fingerprint density at radius 3 is 2.71 bits per heavy atom. The molecule has 0 saturated heterocycles. The Bertz CT molecular complexity index is 731. The van der Waals surface area contributed by atoms with Gasteiger partial charge >= 0.3 is 0 Å². The lowest BCUT2D eigenvalue weighted by Crippen LogP contribution is -2.22. The van der Waals surface area contributed by atoms with Crippen molar-refractivity contribution in [3.05, 3.63) is 52.6 Å². The minimum absolute atomic E-state index is 0.0366. The molecule has 0 aliphatic rings. The van der Waals surface area contributed by atoms with Gasteiger partial charge in [-0.2, -0.15) is 0 Å². The fraction of sp³-hybridized carbons (Fsp3) is 0.231. The fourth-order valence-electron chi connectivity index (χ4n) is 1.78. The number of halogens is 2. The Balaban J connectivity index is 2.08. The van der Waals surface area contributed by atoms with E-state index >= 15 is 0 Å². The number of nitrogens with one attached hydrogen (secondary N) is 3. The van der Waals surface area contributed by atoms with Crippen molar-refractivity contribution in [1.29, 1.82) is 0 Å². The highest BCUT2D eigenvalue weighted by Crippen LogP contribution is 2.17. The van der Waals surface area contributed by atoms with Crippen molar-refractivity contribution < 1.29 is 12.8 Å². The summed E-state index contributed by atoms with van der Waals surface area (Å²) >= 11 is 5.65. The van der Waals surface area contributed by atoms with Gasteiger partial charge in [0.25, 0.3) is 0 Å². The zero-order chi connectivity index (χ0) is 15.5. The molecular weight excluding hydrogens is 317 g/mol. The van der Waals surface area contributed by atoms with Gasteiger partial charge in [-0.15, -0.1) is 0 Å². The first-order chi connectivity index (χ1) is 9.92. The second-order valence-electron chi connectivity index (χ2n) is 4.46. The number of hydrogen-bond acceptors (Lipinski definition) is 3. The highest BCUT2D eigenvalue weighted by atomic mass is 35.5. The van der Waals surface area contributed by atoms with E-state index in [1.807, 2.05) is 0 Å². The summed E-state index contributed by atoms with van der Waals surface area (Å²) in [5.41, 5.74) is 1.35. The van der Waals surface area contributed by atoms with Gasteiger partial charge in [-0.05, 0) is 30.8 Å². The Morgan fingerprint density at radius 1 is 1.29 bits per heavy atom. The number of benzene rings is 1. The first-order valence-corrected chi connectivity index (χ1v) is 8.04. The van der Waals surface area contributed by atoms with Crippen LogP contribution in [0.2, 0.25) is 5.02 Å². The molecule has 0 atom stereocenters. The van der Waals surface area contributed by atoms with Gasteiger partial charge in [-0.3, -0.25) is 0 Å². The molecule has 5 nitrogen and oxygen atoms in total. The third-order valence-electron chi connectivity index (χ3n) is 2.84. The van der Waals surface area contributed by atoms with E-state index in [9.17, 15) is 12.8 Å². The molecule has 0 aliphatic carbocycles. The number of hydrogen-bond donors (Lipinski definition) is 3. The molecule has 0 amide bonds. The van der Waals surface area contributed by atoms with Crippen molar-refractivity contribution >= 4 is 21.6 Å². The van der Waals surface area contributed by atoms with Gasteiger partial charge in [-0.1, -0.05) is 17.7 Å². The van der Waals surface area contributed by atoms with E-state index in [4.69, 9.17) is 11.6 Å². The number of aromatic nitrogens is 1. The zero-order valence-corrected chi connectivity index (χ0v) is 12.9. The third kappa shape index (κ3) is 4.04. The lowest BCUT2D eigenvalue weighted by molar-refractivity contribution is 0.581. The maximum absolute atomic E-state index is 13.0. The van der Waals surface area contributed by atoms with Crippen LogP contribution in [-0.2, 0) is 23.1 Å². The summed E-state index contributed by atoms with van der Waals surface area (Å²) in [6.45, 7) is 0.581. The standard InChI is InChI=1S/C13H15ClFN3O2S/c1-16-7-10-5-11(8-17-10)21(19,20)18-6-9-2-3-13(15)12(14)4-9/h2-5,8,16-18H,6-7H2,1H3. The molecule has 1 heterocycles. The molecule has 0 saturated carbocycles. The number of H-pyrrole nitrogens is 1. The molecule has 21 heavy (non-hydrogen) atoms. The first-order valence-electron chi connectivity index (χ1n) is 6.18. The van der Waals surface area contributed by atoms with Crippen LogP contribution in [0.4, 0.5) is 4.39 Å². The minimum atomic E-state index is -3.62. The van der Waals surface area contributed by atoms with Gasteiger partial charge in [-0.25, -0.2) is 17.5 Å². The number of sulfonamides is 1. The van der Waals surface area contributed by atoms with Crippen LogP contribution in [0.5, 0.6) is 0 Å². The SMILES string of the molecule is CNCc1cc(S(=O)(=O)NCc2ccc(F)c(Cl)c2)c[nH]1. The van der Waals surface area contributed by atoms with Crippen LogP contribution < -0.4 is 10.0 Å². The van der Waals surface area contributed by atoms with E-state index in [1.165, 1.54) is 24.4 Å². The van der Waals surface area contributed by atoms with Crippen molar-refractivity contribution in [3.8, 4) is 0 Å². The van der Waals surface area contributed by atoms with E-state index < -0.39 is 15.8 Å². The zero-order valence-electron chi connectivity index (χ0n) is 11.3. The first kappa shape index (κ1) is 16.0. The summed E-state index contributed by atoms with van der Waals surface area (Å²) in [4.78, 5) is 3.03. The fourth-order valence-corrected chi connectivity index (χ4v) is 3.02. The Morgan fingerprint density at radius 2 is 2.05 bits per heavy atom. The summed E-state index contributed by atoms with van der Waals surface area (Å²) in [5, 5.41) is 2.88. The summed E-state index contributed by atoms with van der Waals surface area (Å²) in [7, 11) is -1.86. The van der Waals surface area contributed by atoms with Crippen molar-refractivity contribution in [2.75, 3.05) is 7.05 Å². The van der Waals surface area contributed by atoms with Gasteiger partial charge in [0.05, 0.1) is 9.92 Å². The van der Waals surface area contributed by atoms with E-state index in [1.54, 1.807) is 13.1 Å². The highest BCUT2D eigenvalue weighted by Gasteiger charge is 2.15. The largest absolute Gasteiger partial charge is 0.363 e. The van der Waals surface area contributed by atoms with Crippen LogP contribution in [0.25, 0.3) is 0 Å². The summed E-state index contributed by atoms with van der Waals surface area (Å²) in [6.07, 6.45) is 1.42. The molecular formula is C13H15ClFN3O2S. The van der Waals surface area contributed by atoms with E-state index in [2.05, 4.69) is 15.0 Å². The number of rotatable bonds is 6. The van der Waals surface area contributed by atoms with Crippen LogP contribution >= 0.6 is 11.6 Å². The van der Waals surface area contributed by atoms with Gasteiger partial charge in [0, 0.05) is 25.0 Å². The molecule has 0 radical (unpaired) electrons. The molecule has 0 aliphatic heterocycles. The van der Waals surface area contributed by atoms with Gasteiger partial charge < -0.3 is 10.3 Å². The molecule has 8 heteroatoms. The topological polar surface area (TPSA) is 74.0 Å². The maximum atomic E-state index is 13.0. The molecule has 114 valence electrons. The molecule has 1 aromatic heterocycles. The normalized spacial score (nSPS) is 11.8. The molecule has 2 rings (SSSR count). The molecule has 0 bridgehead atoms. The van der Waals surface area contributed by atoms with Crippen LogP contribution in [-0.4, -0.2) is 20.4 Å². The predicted molar refractivity (Wildman–Crippen MR) is 79.0 cm³/mol. The monoisotopic (exact) mass is 331 g/mol. The van der Waals surface area contributed by atoms with Crippen LogP contribution in [0.1, 0.15) is 11.3 Å². The van der Waals surface area contributed by atoms with Gasteiger partial charge in [0.2, 0.25) is 10.0 Å². The maximum Gasteiger partial charge on any atom is 0.242 e. The molecule has 0 fully saturated rings. The van der Waals surface area contributed by atoms with Gasteiger partial charge in [0.1, 0.15) is 5.82 Å². The Hall–Kier alpha value is -1.41. The van der Waals surface area contributed by atoms with Crippen molar-refractivity contribution in [2.45, 2.75) is 18.0 Å². The summed E-state index contributed by atoms with van der Waals surface area (Å²) in [6, 6.07) is 5.63. The van der Waals surface area contributed by atoms with Gasteiger partial charge in [0.15, 0.2) is 0 Å². The molecule has 0 spiro atoms. The lowest BCUT2D eigenvalue weighted by atomic mass is 10.2. The minimum Gasteiger partial charge on any atom is -0.363 e. The quantitative estimate of drug-likeness (QED) is 0.758. The predicted octanol–water partition coefficient (Wildman–Crippen LogP) is 2.01.